The number of fused-ring (bicyclic) bond motifs is 4. The van der Waals surface area contributed by atoms with Gasteiger partial charge >= 0.3 is 0 Å². The number of benzene rings is 1. The number of nitrogens with zero attached hydrogens (tertiary/aromatic N) is 5. The van der Waals surface area contributed by atoms with E-state index in [1.54, 1.807) is 6.20 Å². The fourth-order valence-electron chi connectivity index (χ4n) is 5.24. The van der Waals surface area contributed by atoms with Crippen molar-refractivity contribution in [1.82, 2.24) is 24.7 Å². The van der Waals surface area contributed by atoms with Crippen molar-refractivity contribution < 1.29 is 4.42 Å². The summed E-state index contributed by atoms with van der Waals surface area (Å²) in [6, 6.07) is 7.06. The highest BCUT2D eigenvalue weighted by molar-refractivity contribution is 6.04. The van der Waals surface area contributed by atoms with Crippen LogP contribution >= 0.6 is 0 Å². The van der Waals surface area contributed by atoms with Gasteiger partial charge in [-0.05, 0) is 62.3 Å². The number of nitrogens with one attached hydrogen (secondary N) is 1. The van der Waals surface area contributed by atoms with Crippen molar-refractivity contribution in [1.29, 1.82) is 0 Å². The Morgan fingerprint density at radius 3 is 2.79 bits per heavy atom. The molecule has 1 saturated carbocycles. The number of H-pyrrole nitrogens is 1. The number of hydrogen-bond acceptors (Lipinski definition) is 6. The van der Waals surface area contributed by atoms with Crippen molar-refractivity contribution in [2.75, 3.05) is 18.0 Å². The van der Waals surface area contributed by atoms with Gasteiger partial charge in [0.05, 0.1) is 11.7 Å². The lowest BCUT2D eigenvalue weighted by Gasteiger charge is -2.24. The molecule has 8 heteroatoms. The Morgan fingerprint density at radius 1 is 1.12 bits per heavy atom. The molecule has 33 heavy (non-hydrogen) atoms. The molecule has 0 atom stereocenters. The highest BCUT2D eigenvalue weighted by Crippen LogP contribution is 2.41. The Bertz CT molecular complexity index is 1600. The molecule has 0 bridgehead atoms. The van der Waals surface area contributed by atoms with E-state index in [0.29, 0.717) is 17.1 Å². The van der Waals surface area contributed by atoms with Gasteiger partial charge in [-0.25, -0.2) is 4.98 Å². The second-order valence-electron chi connectivity index (χ2n) is 9.29. The number of aromatic amines is 1. The second-order valence-corrected chi connectivity index (χ2v) is 9.29. The number of piperidine rings is 1. The average Bonchev–Trinajstić information content (AvgIpc) is 3.39. The molecule has 0 unspecified atom stereocenters. The zero-order valence-electron chi connectivity index (χ0n) is 18.5. The van der Waals surface area contributed by atoms with Gasteiger partial charge in [-0.15, -0.1) is 0 Å². The maximum atomic E-state index is 13.7. The Labute approximate surface area is 189 Å². The number of hydrogen-bond donors (Lipinski definition) is 1. The normalized spacial score (nSPS) is 16.9. The van der Waals surface area contributed by atoms with Crippen LogP contribution in [0.15, 0.2) is 39.8 Å². The Balaban J connectivity index is 1.49. The predicted octanol–water partition coefficient (Wildman–Crippen LogP) is 4.71. The molecule has 0 radical (unpaired) electrons. The quantitative estimate of drug-likeness (QED) is 0.437. The van der Waals surface area contributed by atoms with E-state index < -0.39 is 0 Å². The molecule has 1 aliphatic heterocycles. The van der Waals surface area contributed by atoms with Gasteiger partial charge in [-0.3, -0.25) is 9.89 Å². The van der Waals surface area contributed by atoms with E-state index >= 15 is 0 Å². The van der Waals surface area contributed by atoms with Gasteiger partial charge in [0.2, 0.25) is 0 Å². The van der Waals surface area contributed by atoms with Crippen LogP contribution in [0.5, 0.6) is 0 Å². The largest absolute Gasteiger partial charge is 0.422 e. The van der Waals surface area contributed by atoms with E-state index in [4.69, 9.17) is 9.40 Å². The first kappa shape index (κ1) is 18.8. The lowest BCUT2D eigenvalue weighted by atomic mass is 9.97. The summed E-state index contributed by atoms with van der Waals surface area (Å²) < 4.78 is 8.24. The van der Waals surface area contributed by atoms with E-state index in [9.17, 15) is 4.79 Å². The van der Waals surface area contributed by atoms with E-state index in [2.05, 4.69) is 45.2 Å². The summed E-state index contributed by atoms with van der Waals surface area (Å²) in [6.45, 7) is 3.94. The van der Waals surface area contributed by atoms with Crippen molar-refractivity contribution in [3.8, 4) is 11.1 Å². The molecular formula is C25H24N6O2. The number of rotatable bonds is 3. The first-order chi connectivity index (χ1) is 16.2. The fourth-order valence-corrected chi connectivity index (χ4v) is 5.24. The van der Waals surface area contributed by atoms with Crippen LogP contribution in [0.1, 0.15) is 43.7 Å². The molecule has 1 N–H and O–H groups in total. The van der Waals surface area contributed by atoms with E-state index in [1.807, 2.05) is 10.8 Å². The number of aryl methyl sites for hydroxylation is 1. The van der Waals surface area contributed by atoms with Crippen LogP contribution in [0.3, 0.4) is 0 Å². The van der Waals surface area contributed by atoms with Crippen LogP contribution in [-0.2, 0) is 0 Å². The monoisotopic (exact) mass is 440 g/mol. The maximum Gasteiger partial charge on any atom is 0.298 e. The minimum atomic E-state index is -0.0457. The molecular weight excluding hydrogens is 416 g/mol. The standard InChI is InChI=1S/C25H24N6O2/c1-14-18(15-11-16-13-27-29-23(16)26-12-15)7-8-19-21(14)31(17-5-6-17)24(32)20-22(19)33-25(28-20)30-9-3-2-4-10-30/h7-8,11-13,17H,2-6,9-10H2,1H3,(H,26,27,29). The van der Waals surface area contributed by atoms with Gasteiger partial charge in [0.25, 0.3) is 11.6 Å². The SMILES string of the molecule is Cc1c(-c2cnc3[nH]ncc3c2)ccc2c3oc(N4CCCCC4)nc3c(=O)n(C3CC3)c12. The van der Waals surface area contributed by atoms with Crippen molar-refractivity contribution in [3.63, 3.8) is 0 Å². The van der Waals surface area contributed by atoms with Crippen LogP contribution in [0.4, 0.5) is 6.01 Å². The van der Waals surface area contributed by atoms with Gasteiger partial charge < -0.3 is 13.9 Å². The summed E-state index contributed by atoms with van der Waals surface area (Å²) in [5.41, 5.74) is 5.83. The van der Waals surface area contributed by atoms with Crippen LogP contribution in [-0.4, -0.2) is 37.8 Å². The Kier molecular flexibility index (Phi) is 3.95. The Hall–Kier alpha value is -3.68. The maximum absolute atomic E-state index is 13.7. The summed E-state index contributed by atoms with van der Waals surface area (Å²) in [5, 5.41) is 8.90. The van der Waals surface area contributed by atoms with Crippen molar-refractivity contribution in [2.45, 2.75) is 45.1 Å². The Morgan fingerprint density at radius 2 is 1.97 bits per heavy atom. The summed E-state index contributed by atoms with van der Waals surface area (Å²) in [7, 11) is 0. The molecule has 5 aromatic rings. The summed E-state index contributed by atoms with van der Waals surface area (Å²) in [4.78, 5) is 25.0. The molecule has 8 nitrogen and oxygen atoms in total. The highest BCUT2D eigenvalue weighted by atomic mass is 16.4. The third-order valence-corrected chi connectivity index (χ3v) is 7.09. The molecule has 2 fully saturated rings. The van der Waals surface area contributed by atoms with Gasteiger partial charge in [0.15, 0.2) is 16.7 Å². The lowest BCUT2D eigenvalue weighted by molar-refractivity contribution is 0.510. The zero-order valence-corrected chi connectivity index (χ0v) is 18.5. The van der Waals surface area contributed by atoms with Gasteiger partial charge in [-0.2, -0.15) is 10.1 Å². The number of anilines is 1. The van der Waals surface area contributed by atoms with Crippen LogP contribution in [0.25, 0.3) is 44.2 Å². The number of oxazole rings is 1. The van der Waals surface area contributed by atoms with Crippen molar-refractivity contribution in [3.05, 3.63) is 46.5 Å². The topological polar surface area (TPSA) is 92.8 Å². The third-order valence-electron chi connectivity index (χ3n) is 7.09. The average molecular weight is 441 g/mol. The molecule has 5 heterocycles. The van der Waals surface area contributed by atoms with Gasteiger partial charge in [0.1, 0.15) is 0 Å². The van der Waals surface area contributed by atoms with Crippen LogP contribution in [0, 0.1) is 6.92 Å². The van der Waals surface area contributed by atoms with Gasteiger partial charge in [0, 0.05) is 41.7 Å². The van der Waals surface area contributed by atoms with Crippen LogP contribution < -0.4 is 10.5 Å². The molecule has 0 spiro atoms. The number of pyridine rings is 2. The summed E-state index contributed by atoms with van der Waals surface area (Å²) in [5.74, 6) is 0. The van der Waals surface area contributed by atoms with E-state index in [0.717, 1.165) is 77.4 Å². The van der Waals surface area contributed by atoms with E-state index in [-0.39, 0.29) is 11.6 Å². The number of aromatic nitrogens is 5. The molecule has 0 amide bonds. The molecule has 1 aromatic carbocycles. The fraction of sp³-hybridized carbons (Fsp3) is 0.360. The first-order valence-corrected chi connectivity index (χ1v) is 11.7. The lowest BCUT2D eigenvalue weighted by Crippen LogP contribution is -2.29. The molecule has 2 aliphatic rings. The zero-order chi connectivity index (χ0) is 22.1. The predicted molar refractivity (Wildman–Crippen MR) is 128 cm³/mol. The molecule has 7 rings (SSSR count). The summed E-state index contributed by atoms with van der Waals surface area (Å²) >= 11 is 0. The van der Waals surface area contributed by atoms with Gasteiger partial charge in [-0.1, -0.05) is 6.07 Å². The molecule has 1 saturated heterocycles. The van der Waals surface area contributed by atoms with Crippen molar-refractivity contribution in [2.24, 2.45) is 0 Å². The third kappa shape index (κ3) is 2.83. The smallest absolute Gasteiger partial charge is 0.298 e. The molecule has 4 aromatic heterocycles. The highest BCUT2D eigenvalue weighted by Gasteiger charge is 2.31. The van der Waals surface area contributed by atoms with E-state index in [1.165, 1.54) is 6.42 Å². The van der Waals surface area contributed by atoms with Crippen molar-refractivity contribution >= 4 is 39.1 Å². The summed E-state index contributed by atoms with van der Waals surface area (Å²) in [6.07, 6.45) is 9.16. The minimum absolute atomic E-state index is 0.0457. The molecule has 166 valence electrons. The van der Waals surface area contributed by atoms with Crippen LogP contribution in [0.2, 0.25) is 0 Å². The first-order valence-electron chi connectivity index (χ1n) is 11.7. The minimum Gasteiger partial charge on any atom is -0.422 e. The molecule has 1 aliphatic carbocycles. The second kappa shape index (κ2) is 6.91.